The number of rotatable bonds is 5. The molecule has 6 fully saturated rings. The van der Waals surface area contributed by atoms with Crippen LogP contribution >= 0.6 is 0 Å². The zero-order valence-corrected chi connectivity index (χ0v) is 20.0. The van der Waals surface area contributed by atoms with Crippen LogP contribution in [-0.4, -0.2) is 85.9 Å². The number of sulfonamides is 1. The van der Waals surface area contributed by atoms with Gasteiger partial charge < -0.3 is 10.4 Å². The number of fused-ring (bicyclic) bond motifs is 1. The van der Waals surface area contributed by atoms with Crippen LogP contribution in [0, 0.1) is 17.3 Å². The van der Waals surface area contributed by atoms with Crippen molar-refractivity contribution in [3.63, 3.8) is 0 Å². The summed E-state index contributed by atoms with van der Waals surface area (Å²) in [6, 6.07) is 0.218. The highest BCUT2D eigenvalue weighted by Gasteiger charge is 2.63. The third-order valence-corrected chi connectivity index (χ3v) is 11.4. The van der Waals surface area contributed by atoms with Crippen LogP contribution in [0.3, 0.4) is 0 Å². The lowest BCUT2D eigenvalue weighted by Gasteiger charge is -2.52. The van der Waals surface area contributed by atoms with Crippen molar-refractivity contribution >= 4 is 10.0 Å². The molecule has 3 aliphatic heterocycles. The van der Waals surface area contributed by atoms with E-state index in [1.54, 1.807) is 0 Å². The Bertz CT molecular complexity index is 826. The van der Waals surface area contributed by atoms with Crippen LogP contribution in [0.1, 0.15) is 57.8 Å². The molecule has 0 amide bonds. The van der Waals surface area contributed by atoms with Gasteiger partial charge in [-0.15, -0.1) is 0 Å². The van der Waals surface area contributed by atoms with Crippen molar-refractivity contribution in [3.05, 3.63) is 0 Å². The zero-order chi connectivity index (χ0) is 22.1. The molecule has 6 aliphatic rings. The molecular formula is C22H40N6O3S. The topological polar surface area (TPSA) is 109 Å². The molecule has 3 aliphatic carbocycles. The van der Waals surface area contributed by atoms with Gasteiger partial charge >= 0.3 is 0 Å². The van der Waals surface area contributed by atoms with E-state index in [1.807, 2.05) is 7.05 Å². The van der Waals surface area contributed by atoms with Gasteiger partial charge in [0.2, 0.25) is 10.0 Å². The second-order valence-corrected chi connectivity index (χ2v) is 13.7. The summed E-state index contributed by atoms with van der Waals surface area (Å²) in [7, 11) is -1.39. The van der Waals surface area contributed by atoms with Crippen LogP contribution < -0.4 is 20.9 Å². The average molecular weight is 469 g/mol. The fourth-order valence-electron chi connectivity index (χ4n) is 7.58. The maximum atomic E-state index is 13.3. The van der Waals surface area contributed by atoms with E-state index in [2.05, 4.69) is 30.9 Å². The van der Waals surface area contributed by atoms with Gasteiger partial charge in [-0.1, -0.05) is 6.42 Å². The molecule has 6 unspecified atom stereocenters. The third kappa shape index (κ3) is 3.84. The monoisotopic (exact) mass is 468 g/mol. The molecule has 3 saturated carbocycles. The molecule has 3 heterocycles. The van der Waals surface area contributed by atoms with E-state index in [1.165, 1.54) is 19.3 Å². The minimum absolute atomic E-state index is 0.0207. The Hall–Kier alpha value is -0.330. The lowest BCUT2D eigenvalue weighted by atomic mass is 9.60. The van der Waals surface area contributed by atoms with Gasteiger partial charge in [-0.25, -0.2) is 23.2 Å². The van der Waals surface area contributed by atoms with Crippen molar-refractivity contribution < 1.29 is 13.5 Å². The summed E-state index contributed by atoms with van der Waals surface area (Å²) in [4.78, 5) is 0. The maximum Gasteiger partial charge on any atom is 0.217 e. The molecule has 0 aromatic rings. The van der Waals surface area contributed by atoms with E-state index in [0.29, 0.717) is 30.3 Å². The largest absolute Gasteiger partial charge is 0.390 e. The van der Waals surface area contributed by atoms with Crippen LogP contribution in [0.5, 0.6) is 0 Å². The fourth-order valence-corrected chi connectivity index (χ4v) is 9.10. The number of nitrogens with one attached hydrogen (secondary N) is 4. The Morgan fingerprint density at radius 3 is 2.69 bits per heavy atom. The van der Waals surface area contributed by atoms with Crippen LogP contribution in [0.4, 0.5) is 0 Å². The quantitative estimate of drug-likeness (QED) is 0.375. The first-order valence-electron chi connectivity index (χ1n) is 12.7. The van der Waals surface area contributed by atoms with E-state index in [0.717, 1.165) is 51.6 Å². The summed E-state index contributed by atoms with van der Waals surface area (Å²) in [5, 5.41) is 18.4. The first kappa shape index (κ1) is 22.2. The summed E-state index contributed by atoms with van der Waals surface area (Å²) in [5.41, 5.74) is 6.72. The zero-order valence-electron chi connectivity index (χ0n) is 19.2. The molecule has 0 aromatic carbocycles. The van der Waals surface area contributed by atoms with E-state index >= 15 is 0 Å². The second-order valence-electron chi connectivity index (χ2n) is 11.7. The molecule has 3 saturated heterocycles. The highest BCUT2D eigenvalue weighted by molar-refractivity contribution is 7.90. The van der Waals surface area contributed by atoms with Gasteiger partial charge in [0, 0.05) is 38.8 Å². The predicted molar refractivity (Wildman–Crippen MR) is 122 cm³/mol. The van der Waals surface area contributed by atoms with Gasteiger partial charge in [-0.2, -0.15) is 0 Å². The summed E-state index contributed by atoms with van der Waals surface area (Å²) in [6.07, 6.45) is 9.64. The molecule has 0 bridgehead atoms. The molecule has 1 spiro atoms. The minimum atomic E-state index is -3.42. The first-order chi connectivity index (χ1) is 15.3. The molecule has 6 atom stereocenters. The highest BCUT2D eigenvalue weighted by Crippen LogP contribution is 2.67. The third-order valence-electron chi connectivity index (χ3n) is 9.55. The Morgan fingerprint density at radius 1 is 1.09 bits per heavy atom. The predicted octanol–water partition coefficient (Wildman–Crippen LogP) is -0.287. The maximum absolute atomic E-state index is 13.3. The number of nitrogens with zero attached hydrogens (tertiary/aromatic N) is 2. The van der Waals surface area contributed by atoms with Gasteiger partial charge in [0.15, 0.2) is 0 Å². The molecule has 182 valence electrons. The van der Waals surface area contributed by atoms with Crippen LogP contribution in [0.15, 0.2) is 0 Å². The Balaban J connectivity index is 1.06. The van der Waals surface area contributed by atoms with Gasteiger partial charge in [-0.05, 0) is 75.2 Å². The standard InChI is InChI=1S/C22H40N6O3S/c1-27-20-15(10-24-27)3-2-4-18(20)26-32(30,31)17-11-25-28(12-17)19-9-16(5-8-23-19)22(29)13-21(14-22)6-7-21/h15-20,23-26,29H,2-14H2,1H3. The summed E-state index contributed by atoms with van der Waals surface area (Å²) in [6.45, 7) is 2.75. The van der Waals surface area contributed by atoms with Crippen molar-refractivity contribution in [1.82, 2.24) is 30.9 Å². The van der Waals surface area contributed by atoms with E-state index in [9.17, 15) is 13.5 Å². The number of hydrazine groups is 2. The van der Waals surface area contributed by atoms with E-state index in [-0.39, 0.29) is 18.2 Å². The average Bonchev–Trinajstić information content (AvgIpc) is 3.18. The second kappa shape index (κ2) is 7.84. The normalized spacial score (nSPS) is 43.8. The SMILES string of the molecule is CN1NCC2CCCC(NS(=O)(=O)C3CNN(C4CC(C5(O)CC6(CC6)C5)CCN4)C3)C21. The number of aliphatic hydroxyl groups is 1. The van der Waals surface area contributed by atoms with Gasteiger partial charge in [0.25, 0.3) is 0 Å². The van der Waals surface area contributed by atoms with Crippen LogP contribution in [-0.2, 0) is 10.0 Å². The first-order valence-corrected chi connectivity index (χ1v) is 14.3. The molecule has 6 rings (SSSR count). The fraction of sp³-hybridized carbons (Fsp3) is 1.00. The number of likely N-dealkylation sites (N-methyl/N-ethyl adjacent to an activating group) is 1. The molecular weight excluding hydrogens is 428 g/mol. The molecule has 32 heavy (non-hydrogen) atoms. The smallest absolute Gasteiger partial charge is 0.217 e. The van der Waals surface area contributed by atoms with E-state index < -0.39 is 20.9 Å². The molecule has 9 nitrogen and oxygen atoms in total. The van der Waals surface area contributed by atoms with Crippen molar-refractivity contribution in [2.24, 2.45) is 17.3 Å². The molecule has 0 radical (unpaired) electrons. The van der Waals surface area contributed by atoms with Crippen LogP contribution in [0.2, 0.25) is 0 Å². The lowest BCUT2D eigenvalue weighted by Crippen LogP contribution is -2.59. The minimum Gasteiger partial charge on any atom is -0.390 e. The Labute approximate surface area is 192 Å². The van der Waals surface area contributed by atoms with Crippen molar-refractivity contribution in [3.8, 4) is 0 Å². The Kier molecular flexibility index (Phi) is 5.43. The number of piperidine rings is 1. The van der Waals surface area contributed by atoms with Gasteiger partial charge in [-0.3, -0.25) is 10.9 Å². The van der Waals surface area contributed by atoms with Crippen molar-refractivity contribution in [2.75, 3.05) is 33.2 Å². The summed E-state index contributed by atoms with van der Waals surface area (Å²) < 4.78 is 29.7. The number of hydrogen-bond donors (Lipinski definition) is 5. The lowest BCUT2D eigenvalue weighted by molar-refractivity contribution is -0.143. The van der Waals surface area contributed by atoms with Gasteiger partial charge in [0.1, 0.15) is 5.25 Å². The summed E-state index contributed by atoms with van der Waals surface area (Å²) >= 11 is 0. The van der Waals surface area contributed by atoms with Crippen LogP contribution in [0.25, 0.3) is 0 Å². The number of hydrogen-bond acceptors (Lipinski definition) is 8. The van der Waals surface area contributed by atoms with Crippen molar-refractivity contribution in [1.29, 1.82) is 0 Å². The van der Waals surface area contributed by atoms with Crippen molar-refractivity contribution in [2.45, 2.75) is 86.9 Å². The molecule has 0 aromatic heterocycles. The summed E-state index contributed by atoms with van der Waals surface area (Å²) in [5.74, 6) is 0.829. The molecule has 5 N–H and O–H groups in total. The molecule has 10 heteroatoms. The van der Waals surface area contributed by atoms with Gasteiger partial charge in [0.05, 0.1) is 11.8 Å². The highest BCUT2D eigenvalue weighted by atomic mass is 32.2. The Morgan fingerprint density at radius 2 is 1.91 bits per heavy atom. The van der Waals surface area contributed by atoms with E-state index in [4.69, 9.17) is 0 Å².